The molecule has 0 bridgehead atoms. The van der Waals surface area contributed by atoms with E-state index in [9.17, 15) is 0 Å². The standard InChI is InChI=1S/C16H22N4/c1-11(12-6-8-14(17)9-7-12)10-15-18-16(20-19-15)13-4-2-3-5-13/h6-9,11,13H,2-5,10,17H2,1H3,(H,18,19,20). The summed E-state index contributed by atoms with van der Waals surface area (Å²) in [5.41, 5.74) is 7.82. The Morgan fingerprint density at radius 1 is 1.25 bits per heavy atom. The summed E-state index contributed by atoms with van der Waals surface area (Å²) >= 11 is 0. The molecule has 1 heterocycles. The maximum absolute atomic E-state index is 5.72. The average molecular weight is 270 g/mol. The normalized spacial score (nSPS) is 17.4. The number of hydrogen-bond donors (Lipinski definition) is 2. The highest BCUT2D eigenvalue weighted by molar-refractivity contribution is 5.40. The van der Waals surface area contributed by atoms with Crippen LogP contribution in [0.15, 0.2) is 24.3 Å². The van der Waals surface area contributed by atoms with Crippen molar-refractivity contribution in [2.24, 2.45) is 0 Å². The first-order chi connectivity index (χ1) is 9.72. The minimum atomic E-state index is 0.417. The Kier molecular flexibility index (Phi) is 3.72. The summed E-state index contributed by atoms with van der Waals surface area (Å²) in [4.78, 5) is 4.68. The van der Waals surface area contributed by atoms with Crippen molar-refractivity contribution in [1.29, 1.82) is 0 Å². The van der Waals surface area contributed by atoms with E-state index in [-0.39, 0.29) is 0 Å². The largest absolute Gasteiger partial charge is 0.399 e. The van der Waals surface area contributed by atoms with Gasteiger partial charge in [-0.2, -0.15) is 5.10 Å². The molecule has 3 rings (SSSR count). The Hall–Kier alpha value is -1.84. The van der Waals surface area contributed by atoms with Gasteiger partial charge in [0.2, 0.25) is 0 Å². The molecule has 4 nitrogen and oxygen atoms in total. The molecule has 0 aliphatic heterocycles. The molecular weight excluding hydrogens is 248 g/mol. The van der Waals surface area contributed by atoms with Gasteiger partial charge in [0.1, 0.15) is 5.82 Å². The third-order valence-corrected chi connectivity index (χ3v) is 4.27. The fourth-order valence-corrected chi connectivity index (χ4v) is 3.00. The number of benzene rings is 1. The highest BCUT2D eigenvalue weighted by Gasteiger charge is 2.21. The van der Waals surface area contributed by atoms with Gasteiger partial charge in [0, 0.05) is 18.0 Å². The average Bonchev–Trinajstić information content (AvgIpc) is 3.09. The van der Waals surface area contributed by atoms with Gasteiger partial charge in [-0.1, -0.05) is 31.9 Å². The summed E-state index contributed by atoms with van der Waals surface area (Å²) in [5, 5.41) is 7.51. The van der Waals surface area contributed by atoms with Crippen LogP contribution < -0.4 is 5.73 Å². The first-order valence-electron chi connectivity index (χ1n) is 7.49. The third kappa shape index (κ3) is 2.84. The molecule has 1 atom stereocenters. The molecule has 1 fully saturated rings. The second kappa shape index (κ2) is 5.65. The minimum absolute atomic E-state index is 0.417. The number of H-pyrrole nitrogens is 1. The molecule has 3 N–H and O–H groups in total. The van der Waals surface area contributed by atoms with E-state index in [1.54, 1.807) is 0 Å². The summed E-state index contributed by atoms with van der Waals surface area (Å²) in [6, 6.07) is 8.09. The number of hydrogen-bond acceptors (Lipinski definition) is 3. The van der Waals surface area contributed by atoms with Crippen molar-refractivity contribution in [3.8, 4) is 0 Å². The van der Waals surface area contributed by atoms with Crippen LogP contribution in [0.25, 0.3) is 0 Å². The molecule has 1 unspecified atom stereocenters. The van der Waals surface area contributed by atoms with Crippen molar-refractivity contribution in [1.82, 2.24) is 15.2 Å². The molecule has 0 saturated heterocycles. The van der Waals surface area contributed by atoms with E-state index in [2.05, 4.69) is 34.2 Å². The lowest BCUT2D eigenvalue weighted by molar-refractivity contribution is 0.669. The number of nitrogens with one attached hydrogen (secondary N) is 1. The number of nitrogens with zero attached hydrogens (tertiary/aromatic N) is 2. The van der Waals surface area contributed by atoms with E-state index in [1.165, 1.54) is 31.2 Å². The van der Waals surface area contributed by atoms with E-state index < -0.39 is 0 Å². The monoisotopic (exact) mass is 270 g/mol. The second-order valence-electron chi connectivity index (χ2n) is 5.89. The van der Waals surface area contributed by atoms with Crippen LogP contribution in [0.2, 0.25) is 0 Å². The lowest BCUT2D eigenvalue weighted by atomic mass is 9.97. The molecular formula is C16H22N4. The van der Waals surface area contributed by atoms with Crippen LogP contribution in [-0.2, 0) is 6.42 Å². The molecule has 0 radical (unpaired) electrons. The van der Waals surface area contributed by atoms with E-state index in [0.717, 1.165) is 23.8 Å². The molecule has 1 aliphatic rings. The highest BCUT2D eigenvalue weighted by atomic mass is 15.2. The zero-order valence-electron chi connectivity index (χ0n) is 12.0. The van der Waals surface area contributed by atoms with E-state index in [0.29, 0.717) is 11.8 Å². The fraction of sp³-hybridized carbons (Fsp3) is 0.500. The first-order valence-corrected chi connectivity index (χ1v) is 7.49. The molecule has 0 spiro atoms. The zero-order chi connectivity index (χ0) is 13.9. The van der Waals surface area contributed by atoms with Gasteiger partial charge < -0.3 is 5.73 Å². The smallest absolute Gasteiger partial charge is 0.153 e. The van der Waals surface area contributed by atoms with Gasteiger partial charge in [-0.3, -0.25) is 5.10 Å². The molecule has 4 heteroatoms. The fourth-order valence-electron chi connectivity index (χ4n) is 3.00. The Morgan fingerprint density at radius 2 is 1.95 bits per heavy atom. The third-order valence-electron chi connectivity index (χ3n) is 4.27. The molecule has 20 heavy (non-hydrogen) atoms. The molecule has 106 valence electrons. The Labute approximate surface area is 119 Å². The number of aromatic amines is 1. The number of anilines is 1. The lowest BCUT2D eigenvalue weighted by Crippen LogP contribution is -2.01. The van der Waals surface area contributed by atoms with Crippen LogP contribution in [0.4, 0.5) is 5.69 Å². The number of aromatic nitrogens is 3. The maximum Gasteiger partial charge on any atom is 0.153 e. The zero-order valence-corrected chi connectivity index (χ0v) is 12.0. The SMILES string of the molecule is CC(Cc1nc(C2CCCC2)n[nH]1)c1ccc(N)cc1. The van der Waals surface area contributed by atoms with Crippen LogP contribution in [0.3, 0.4) is 0 Å². The molecule has 1 aliphatic carbocycles. The van der Waals surface area contributed by atoms with E-state index >= 15 is 0 Å². The van der Waals surface area contributed by atoms with Gasteiger partial charge in [0.05, 0.1) is 0 Å². The number of nitrogen functional groups attached to an aromatic ring is 1. The Morgan fingerprint density at radius 3 is 2.65 bits per heavy atom. The van der Waals surface area contributed by atoms with Crippen LogP contribution in [-0.4, -0.2) is 15.2 Å². The van der Waals surface area contributed by atoms with E-state index in [1.807, 2.05) is 12.1 Å². The topological polar surface area (TPSA) is 67.6 Å². The van der Waals surface area contributed by atoms with Crippen molar-refractivity contribution >= 4 is 5.69 Å². The maximum atomic E-state index is 5.72. The summed E-state index contributed by atoms with van der Waals surface area (Å²) in [6.07, 6.45) is 6.01. The second-order valence-corrected chi connectivity index (χ2v) is 5.89. The number of nitrogens with two attached hydrogens (primary N) is 1. The molecule has 1 saturated carbocycles. The highest BCUT2D eigenvalue weighted by Crippen LogP contribution is 2.32. The summed E-state index contributed by atoms with van der Waals surface area (Å²) in [7, 11) is 0. The van der Waals surface area contributed by atoms with Crippen LogP contribution in [0.1, 0.15) is 61.7 Å². The quantitative estimate of drug-likeness (QED) is 0.837. The lowest BCUT2D eigenvalue weighted by Gasteiger charge is -2.10. The number of rotatable bonds is 4. The van der Waals surface area contributed by atoms with Crippen LogP contribution >= 0.6 is 0 Å². The van der Waals surface area contributed by atoms with Gasteiger partial charge in [0.15, 0.2) is 5.82 Å². The van der Waals surface area contributed by atoms with Crippen molar-refractivity contribution in [3.63, 3.8) is 0 Å². The van der Waals surface area contributed by atoms with Crippen molar-refractivity contribution in [2.45, 2.75) is 50.9 Å². The van der Waals surface area contributed by atoms with Gasteiger partial charge >= 0.3 is 0 Å². The minimum Gasteiger partial charge on any atom is -0.399 e. The Bertz CT molecular complexity index is 552. The van der Waals surface area contributed by atoms with Gasteiger partial charge in [-0.25, -0.2) is 4.98 Å². The van der Waals surface area contributed by atoms with Gasteiger partial charge in [-0.05, 0) is 36.5 Å². The molecule has 1 aromatic carbocycles. The predicted octanol–water partition coefficient (Wildman–Crippen LogP) is 3.39. The van der Waals surface area contributed by atoms with Crippen molar-refractivity contribution in [2.75, 3.05) is 5.73 Å². The molecule has 1 aromatic heterocycles. The summed E-state index contributed by atoms with van der Waals surface area (Å²) < 4.78 is 0. The predicted molar refractivity (Wildman–Crippen MR) is 80.6 cm³/mol. The summed E-state index contributed by atoms with van der Waals surface area (Å²) in [5.74, 6) is 3.00. The molecule has 2 aromatic rings. The summed E-state index contributed by atoms with van der Waals surface area (Å²) in [6.45, 7) is 2.21. The van der Waals surface area contributed by atoms with E-state index in [4.69, 9.17) is 5.73 Å². The Balaban J connectivity index is 1.66. The van der Waals surface area contributed by atoms with Gasteiger partial charge in [0.25, 0.3) is 0 Å². The van der Waals surface area contributed by atoms with Crippen molar-refractivity contribution < 1.29 is 0 Å². The molecule has 0 amide bonds. The van der Waals surface area contributed by atoms with Crippen molar-refractivity contribution in [3.05, 3.63) is 41.5 Å². The first kappa shape index (κ1) is 13.2. The van der Waals surface area contributed by atoms with Crippen LogP contribution in [0.5, 0.6) is 0 Å². The van der Waals surface area contributed by atoms with Gasteiger partial charge in [-0.15, -0.1) is 0 Å². The van der Waals surface area contributed by atoms with Crippen LogP contribution in [0, 0.1) is 0 Å².